The summed E-state index contributed by atoms with van der Waals surface area (Å²) in [5.41, 5.74) is 0.904. The van der Waals surface area contributed by atoms with E-state index in [0.29, 0.717) is 43.3 Å². The van der Waals surface area contributed by atoms with Crippen LogP contribution < -0.4 is 10.2 Å². The van der Waals surface area contributed by atoms with Crippen LogP contribution in [0.5, 0.6) is 5.75 Å². The van der Waals surface area contributed by atoms with Crippen LogP contribution >= 0.6 is 0 Å². The van der Waals surface area contributed by atoms with Crippen LogP contribution in [0.15, 0.2) is 71.9 Å². The molecule has 4 aromatic rings. The number of nitrogens with zero attached hydrogens (tertiary/aromatic N) is 4. The Labute approximate surface area is 211 Å². The maximum atomic E-state index is 13.7. The van der Waals surface area contributed by atoms with Crippen LogP contribution in [0.25, 0.3) is 17.1 Å². The molecule has 190 valence electrons. The summed E-state index contributed by atoms with van der Waals surface area (Å²) in [5, 5.41) is 14.9. The Morgan fingerprint density at radius 1 is 1.03 bits per heavy atom. The van der Waals surface area contributed by atoms with E-state index in [9.17, 15) is 18.7 Å². The summed E-state index contributed by atoms with van der Waals surface area (Å²) in [6.45, 7) is 1.15. The highest BCUT2D eigenvalue weighted by Gasteiger charge is 2.30. The van der Waals surface area contributed by atoms with Gasteiger partial charge in [-0.15, -0.1) is 0 Å². The Kier molecular flexibility index (Phi) is 7.02. The van der Waals surface area contributed by atoms with E-state index >= 15 is 0 Å². The minimum absolute atomic E-state index is 0.140. The highest BCUT2D eigenvalue weighted by molar-refractivity contribution is 5.56. The molecule has 2 aromatic carbocycles. The first-order valence-electron chi connectivity index (χ1n) is 11.8. The third-order valence-electron chi connectivity index (χ3n) is 6.16. The van der Waals surface area contributed by atoms with Crippen molar-refractivity contribution in [2.24, 2.45) is 0 Å². The molecular weight excluding hydrogens is 482 g/mol. The van der Waals surface area contributed by atoms with Crippen molar-refractivity contribution in [3.05, 3.63) is 100 Å². The Hall–Kier alpha value is -4.02. The minimum Gasteiger partial charge on any atom is -0.487 e. The van der Waals surface area contributed by atoms with E-state index in [0.717, 1.165) is 23.3 Å². The van der Waals surface area contributed by atoms with Crippen LogP contribution in [-0.2, 0) is 11.2 Å². The number of rotatable bonds is 7. The van der Waals surface area contributed by atoms with Crippen molar-refractivity contribution in [2.45, 2.75) is 24.9 Å². The van der Waals surface area contributed by atoms with E-state index < -0.39 is 17.2 Å². The van der Waals surface area contributed by atoms with Crippen LogP contribution in [0.1, 0.15) is 24.1 Å². The number of aromatic nitrogens is 4. The molecule has 0 atom stereocenters. The number of ether oxygens (including phenoxy) is 2. The maximum absolute atomic E-state index is 13.7. The molecule has 0 aliphatic carbocycles. The number of hydrogen-bond acceptors (Lipinski definition) is 7. The van der Waals surface area contributed by atoms with Gasteiger partial charge in [0.2, 0.25) is 5.43 Å². The molecule has 8 nitrogen and oxygen atoms in total. The fraction of sp³-hybridized carbons (Fsp3) is 0.259. The van der Waals surface area contributed by atoms with Gasteiger partial charge in [0, 0.05) is 56.4 Å². The van der Waals surface area contributed by atoms with Gasteiger partial charge in [-0.2, -0.15) is 5.10 Å². The first kappa shape index (κ1) is 24.7. The van der Waals surface area contributed by atoms with Crippen molar-refractivity contribution >= 4 is 0 Å². The van der Waals surface area contributed by atoms with Crippen molar-refractivity contribution in [3.8, 4) is 22.8 Å². The van der Waals surface area contributed by atoms with Crippen molar-refractivity contribution in [2.75, 3.05) is 19.8 Å². The molecule has 1 aliphatic rings. The SMILES string of the molecule is O=c1ccn(-c2ccc(F)c(F)c2)nc1Cc1cccc(-c2ncc(OCC3(O)CCOCC3)cn2)c1. The normalized spacial score (nSPS) is 14.9. The second-order valence-electron chi connectivity index (χ2n) is 8.91. The summed E-state index contributed by atoms with van der Waals surface area (Å²) in [6.07, 6.45) is 5.77. The van der Waals surface area contributed by atoms with Crippen molar-refractivity contribution in [1.29, 1.82) is 0 Å². The Bertz CT molecular complexity index is 1450. The van der Waals surface area contributed by atoms with E-state index in [1.807, 2.05) is 24.3 Å². The standard InChI is InChI=1S/C27H24F2N4O4/c28-22-5-4-20(14-23(22)29)33-9-6-25(34)24(32-33)13-18-2-1-3-19(12-18)26-30-15-21(16-31-26)37-17-27(35)7-10-36-11-8-27/h1-6,9,12,14-16,35H,7-8,10-11,13,17H2. The van der Waals surface area contributed by atoms with Gasteiger partial charge in [-0.05, 0) is 23.8 Å². The van der Waals surface area contributed by atoms with Crippen molar-refractivity contribution in [1.82, 2.24) is 19.7 Å². The van der Waals surface area contributed by atoms with Crippen LogP contribution in [0.3, 0.4) is 0 Å². The van der Waals surface area contributed by atoms with E-state index in [2.05, 4.69) is 15.1 Å². The second kappa shape index (κ2) is 10.5. The van der Waals surface area contributed by atoms with Gasteiger partial charge in [-0.25, -0.2) is 23.4 Å². The molecule has 3 heterocycles. The average Bonchev–Trinajstić information content (AvgIpc) is 2.91. The monoisotopic (exact) mass is 506 g/mol. The smallest absolute Gasteiger partial charge is 0.203 e. The lowest BCUT2D eigenvalue weighted by Crippen LogP contribution is -2.41. The fourth-order valence-electron chi connectivity index (χ4n) is 4.01. The summed E-state index contributed by atoms with van der Waals surface area (Å²) in [6, 6.07) is 12.1. The highest BCUT2D eigenvalue weighted by Crippen LogP contribution is 2.23. The quantitative estimate of drug-likeness (QED) is 0.410. The zero-order valence-corrected chi connectivity index (χ0v) is 19.8. The zero-order valence-electron chi connectivity index (χ0n) is 19.8. The first-order valence-corrected chi connectivity index (χ1v) is 11.8. The van der Waals surface area contributed by atoms with Crippen LogP contribution in [-0.4, -0.2) is 50.3 Å². The highest BCUT2D eigenvalue weighted by atomic mass is 19.2. The van der Waals surface area contributed by atoms with Crippen LogP contribution in [0.2, 0.25) is 0 Å². The number of benzene rings is 2. The largest absolute Gasteiger partial charge is 0.487 e. The summed E-state index contributed by atoms with van der Waals surface area (Å²) in [5.74, 6) is -1.03. The van der Waals surface area contributed by atoms with Gasteiger partial charge >= 0.3 is 0 Å². The predicted molar refractivity (Wildman–Crippen MR) is 131 cm³/mol. The summed E-state index contributed by atoms with van der Waals surface area (Å²) >= 11 is 0. The van der Waals surface area contributed by atoms with Crippen LogP contribution in [0.4, 0.5) is 8.78 Å². The number of aliphatic hydroxyl groups is 1. The molecule has 1 saturated heterocycles. The second-order valence-corrected chi connectivity index (χ2v) is 8.91. The minimum atomic E-state index is -0.997. The summed E-state index contributed by atoms with van der Waals surface area (Å²) < 4.78 is 39.3. The molecule has 0 radical (unpaired) electrons. The lowest BCUT2D eigenvalue weighted by atomic mass is 9.96. The van der Waals surface area contributed by atoms with Gasteiger partial charge < -0.3 is 14.6 Å². The molecule has 0 spiro atoms. The molecule has 1 N–H and O–H groups in total. The first-order chi connectivity index (χ1) is 17.9. The van der Waals surface area contributed by atoms with Crippen molar-refractivity contribution < 1.29 is 23.4 Å². The van der Waals surface area contributed by atoms with Gasteiger partial charge in [-0.3, -0.25) is 4.79 Å². The molecule has 1 fully saturated rings. The Morgan fingerprint density at radius 3 is 2.57 bits per heavy atom. The maximum Gasteiger partial charge on any atom is 0.203 e. The van der Waals surface area contributed by atoms with Gasteiger partial charge in [0.25, 0.3) is 0 Å². The van der Waals surface area contributed by atoms with Crippen molar-refractivity contribution in [3.63, 3.8) is 0 Å². The predicted octanol–water partition coefficient (Wildman–Crippen LogP) is 3.48. The zero-order chi connectivity index (χ0) is 25.8. The average molecular weight is 507 g/mol. The van der Waals surface area contributed by atoms with E-state index in [4.69, 9.17) is 9.47 Å². The van der Waals surface area contributed by atoms with E-state index in [1.54, 1.807) is 12.4 Å². The molecule has 37 heavy (non-hydrogen) atoms. The molecule has 10 heteroatoms. The third kappa shape index (κ3) is 5.87. The third-order valence-corrected chi connectivity index (χ3v) is 6.16. The van der Waals surface area contributed by atoms with Gasteiger partial charge in [0.05, 0.1) is 18.1 Å². The molecule has 2 aromatic heterocycles. The van der Waals surface area contributed by atoms with E-state index in [1.165, 1.54) is 23.0 Å². The fourth-order valence-corrected chi connectivity index (χ4v) is 4.01. The molecule has 5 rings (SSSR count). The lowest BCUT2D eigenvalue weighted by molar-refractivity contribution is -0.0856. The van der Waals surface area contributed by atoms with Crippen LogP contribution in [0, 0.1) is 11.6 Å². The Balaban J connectivity index is 1.30. The molecular formula is C27H24F2N4O4. The Morgan fingerprint density at radius 2 is 1.81 bits per heavy atom. The van der Waals surface area contributed by atoms with E-state index in [-0.39, 0.29) is 24.2 Å². The van der Waals surface area contributed by atoms with Gasteiger partial charge in [0.1, 0.15) is 17.9 Å². The summed E-state index contributed by atoms with van der Waals surface area (Å²) in [4.78, 5) is 21.2. The topological polar surface area (TPSA) is 99.4 Å². The summed E-state index contributed by atoms with van der Waals surface area (Å²) in [7, 11) is 0. The molecule has 0 saturated carbocycles. The van der Waals surface area contributed by atoms with Gasteiger partial charge in [0.15, 0.2) is 23.2 Å². The number of halogens is 2. The molecule has 0 unspecified atom stereocenters. The molecule has 0 bridgehead atoms. The lowest BCUT2D eigenvalue weighted by Gasteiger charge is -2.31. The molecule has 0 amide bonds. The number of hydrogen-bond donors (Lipinski definition) is 1. The molecule has 1 aliphatic heterocycles. The van der Waals surface area contributed by atoms with Gasteiger partial charge in [-0.1, -0.05) is 18.2 Å².